The van der Waals surface area contributed by atoms with Crippen molar-refractivity contribution in [2.75, 3.05) is 0 Å². The third-order valence-electron chi connectivity index (χ3n) is 4.21. The second kappa shape index (κ2) is 25.9. The highest BCUT2D eigenvalue weighted by molar-refractivity contribution is 4.47. The van der Waals surface area contributed by atoms with E-state index in [4.69, 9.17) is 0 Å². The minimum absolute atomic E-state index is 1.12. The van der Waals surface area contributed by atoms with Crippen LogP contribution in [0.25, 0.3) is 0 Å². The van der Waals surface area contributed by atoms with Gasteiger partial charge in [-0.3, -0.25) is 0 Å². The van der Waals surface area contributed by atoms with Gasteiger partial charge >= 0.3 is 0 Å². The summed E-state index contributed by atoms with van der Waals surface area (Å²) in [6, 6.07) is 0. The Bertz CT molecular complexity index is 132. The van der Waals surface area contributed by atoms with Crippen molar-refractivity contribution >= 4 is 0 Å². The quantitative estimate of drug-likeness (QED) is 0.250. The van der Waals surface area contributed by atoms with E-state index in [1.54, 1.807) is 0 Å². The molecule has 0 amide bonds. The van der Waals surface area contributed by atoms with Crippen LogP contribution in [0, 0.1) is 13.8 Å². The van der Waals surface area contributed by atoms with Crippen LogP contribution in [0.2, 0.25) is 0 Å². The van der Waals surface area contributed by atoms with Crippen LogP contribution in [0.15, 0.2) is 0 Å². The first-order valence-electron chi connectivity index (χ1n) is 10.4. The summed E-state index contributed by atoms with van der Waals surface area (Å²) in [5.74, 6) is 0. The lowest BCUT2D eigenvalue weighted by Gasteiger charge is -1.99. The Hall–Kier alpha value is 0. The van der Waals surface area contributed by atoms with Crippen molar-refractivity contribution in [1.82, 2.24) is 0 Å². The summed E-state index contributed by atoms with van der Waals surface area (Å²) in [5, 5.41) is 0. The lowest BCUT2D eigenvalue weighted by molar-refractivity contribution is 0.566. The summed E-state index contributed by atoms with van der Waals surface area (Å²) in [5.41, 5.74) is 0. The van der Waals surface area contributed by atoms with Crippen LogP contribution in [0.3, 0.4) is 0 Å². The van der Waals surface area contributed by atoms with Crippen molar-refractivity contribution in [1.29, 1.82) is 0 Å². The highest BCUT2D eigenvalue weighted by atomic mass is 14.0. The lowest BCUT2D eigenvalue weighted by Crippen LogP contribution is -1.80. The summed E-state index contributed by atoms with van der Waals surface area (Å²) in [4.78, 5) is 0. The Morgan fingerprint density at radius 3 is 0.818 bits per heavy atom. The van der Waals surface area contributed by atoms with E-state index in [0.717, 1.165) is 12.8 Å². The third kappa shape index (κ3) is 28.2. The molecular weight excluding hydrogens is 264 g/mol. The molecule has 22 heavy (non-hydrogen) atoms. The van der Waals surface area contributed by atoms with Crippen molar-refractivity contribution in [3.8, 4) is 0 Å². The monoisotopic (exact) mass is 310 g/mol. The number of rotatable bonds is 16. The SMILES string of the molecule is [CH2]CCCCCCCCC.[CH2]CCCCCCCCCCC. The van der Waals surface area contributed by atoms with Crippen LogP contribution >= 0.6 is 0 Å². The fourth-order valence-electron chi connectivity index (χ4n) is 2.62. The van der Waals surface area contributed by atoms with Gasteiger partial charge in [0.1, 0.15) is 0 Å². The maximum Gasteiger partial charge on any atom is -0.0533 e. The van der Waals surface area contributed by atoms with Crippen LogP contribution in [-0.4, -0.2) is 0 Å². The van der Waals surface area contributed by atoms with E-state index >= 15 is 0 Å². The van der Waals surface area contributed by atoms with E-state index in [1.165, 1.54) is 103 Å². The molecule has 0 rings (SSSR count). The highest BCUT2D eigenvalue weighted by Crippen LogP contribution is 2.10. The van der Waals surface area contributed by atoms with Crippen molar-refractivity contribution in [3.63, 3.8) is 0 Å². The molecule has 0 spiro atoms. The Balaban J connectivity index is 0. The zero-order chi connectivity index (χ0) is 16.7. The van der Waals surface area contributed by atoms with E-state index in [1.807, 2.05) is 0 Å². The summed E-state index contributed by atoms with van der Waals surface area (Å²) < 4.78 is 0. The average Bonchev–Trinajstić information content (AvgIpc) is 2.54. The first kappa shape index (κ1) is 24.3. The summed E-state index contributed by atoms with van der Waals surface area (Å²) in [6.07, 6.45) is 24.8. The topological polar surface area (TPSA) is 0 Å². The van der Waals surface area contributed by atoms with Crippen LogP contribution < -0.4 is 0 Å². The van der Waals surface area contributed by atoms with Crippen LogP contribution in [0.5, 0.6) is 0 Å². The molecule has 0 heterocycles. The van der Waals surface area contributed by atoms with Gasteiger partial charge in [-0.1, -0.05) is 143 Å². The van der Waals surface area contributed by atoms with Crippen LogP contribution in [0.1, 0.15) is 129 Å². The van der Waals surface area contributed by atoms with Crippen molar-refractivity contribution in [2.45, 2.75) is 129 Å². The zero-order valence-electron chi connectivity index (χ0n) is 16.1. The number of unbranched alkanes of at least 4 members (excludes halogenated alkanes) is 16. The standard InChI is InChI=1S/C12H25.C10H21/c1-3-5-7-9-11-12-10-8-6-4-2;1-3-5-7-9-10-8-6-4-2/h1,3-12H2,2H3;1,3-10H2,2H3. The molecule has 134 valence electrons. The van der Waals surface area contributed by atoms with E-state index in [9.17, 15) is 0 Å². The lowest BCUT2D eigenvalue weighted by atomic mass is 10.1. The van der Waals surface area contributed by atoms with Crippen LogP contribution in [0.4, 0.5) is 0 Å². The molecule has 0 fully saturated rings. The highest BCUT2D eigenvalue weighted by Gasteiger charge is 1.90. The molecule has 0 nitrogen and oxygen atoms in total. The van der Waals surface area contributed by atoms with Gasteiger partial charge in [0.25, 0.3) is 0 Å². The van der Waals surface area contributed by atoms with Crippen molar-refractivity contribution in [2.24, 2.45) is 0 Å². The zero-order valence-corrected chi connectivity index (χ0v) is 16.1. The Kier molecular flexibility index (Phi) is 28.6. The van der Waals surface area contributed by atoms with E-state index in [0.29, 0.717) is 0 Å². The fourth-order valence-corrected chi connectivity index (χ4v) is 2.62. The second-order valence-corrected chi connectivity index (χ2v) is 6.66. The van der Waals surface area contributed by atoms with Gasteiger partial charge in [-0.15, -0.1) is 0 Å². The predicted molar refractivity (Wildman–Crippen MR) is 105 cm³/mol. The van der Waals surface area contributed by atoms with E-state index in [-0.39, 0.29) is 0 Å². The first-order chi connectivity index (χ1) is 10.8. The molecule has 0 aliphatic rings. The van der Waals surface area contributed by atoms with Crippen molar-refractivity contribution in [3.05, 3.63) is 13.8 Å². The Morgan fingerprint density at radius 2 is 0.591 bits per heavy atom. The van der Waals surface area contributed by atoms with E-state index in [2.05, 4.69) is 27.7 Å². The molecule has 0 aromatic heterocycles. The van der Waals surface area contributed by atoms with Gasteiger partial charge in [-0.25, -0.2) is 0 Å². The summed E-state index contributed by atoms with van der Waals surface area (Å²) in [7, 11) is 0. The van der Waals surface area contributed by atoms with Gasteiger partial charge in [0.15, 0.2) is 0 Å². The molecule has 0 saturated carbocycles. The predicted octanol–water partition coefficient (Wildman–Crippen LogP) is 8.70. The van der Waals surface area contributed by atoms with Gasteiger partial charge in [0.05, 0.1) is 0 Å². The first-order valence-corrected chi connectivity index (χ1v) is 10.4. The Labute approximate surface area is 143 Å². The largest absolute Gasteiger partial charge is 0.0654 e. The molecule has 0 bridgehead atoms. The normalized spacial score (nSPS) is 10.4. The Morgan fingerprint density at radius 1 is 0.364 bits per heavy atom. The third-order valence-corrected chi connectivity index (χ3v) is 4.21. The molecule has 0 atom stereocenters. The summed E-state index contributed by atoms with van der Waals surface area (Å²) >= 11 is 0. The van der Waals surface area contributed by atoms with Crippen LogP contribution in [-0.2, 0) is 0 Å². The number of hydrogen-bond donors (Lipinski definition) is 0. The second-order valence-electron chi connectivity index (χ2n) is 6.66. The molecule has 0 saturated heterocycles. The van der Waals surface area contributed by atoms with Gasteiger partial charge in [-0.2, -0.15) is 0 Å². The van der Waals surface area contributed by atoms with Crippen molar-refractivity contribution < 1.29 is 0 Å². The summed E-state index contributed by atoms with van der Waals surface area (Å²) in [6.45, 7) is 12.2. The van der Waals surface area contributed by atoms with Gasteiger partial charge in [-0.05, 0) is 0 Å². The minimum atomic E-state index is 1.12. The molecule has 0 heteroatoms. The molecule has 0 aliphatic heterocycles. The maximum atomic E-state index is 3.84. The average molecular weight is 311 g/mol. The molecule has 2 radical (unpaired) electrons. The molecule has 0 N–H and O–H groups in total. The fraction of sp³-hybridized carbons (Fsp3) is 0.909. The molecule has 0 aromatic carbocycles. The maximum absolute atomic E-state index is 3.84. The molecule has 0 unspecified atom stereocenters. The number of hydrogen-bond acceptors (Lipinski definition) is 0. The van der Waals surface area contributed by atoms with E-state index < -0.39 is 0 Å². The molecular formula is C22H46. The smallest absolute Gasteiger partial charge is 0.0533 e. The molecule has 0 aromatic rings. The van der Waals surface area contributed by atoms with Gasteiger partial charge in [0.2, 0.25) is 0 Å². The van der Waals surface area contributed by atoms with Gasteiger partial charge in [0, 0.05) is 0 Å². The van der Waals surface area contributed by atoms with Gasteiger partial charge < -0.3 is 0 Å². The molecule has 0 aliphatic carbocycles. The minimum Gasteiger partial charge on any atom is -0.0654 e.